The molecule has 2 heterocycles. The van der Waals surface area contributed by atoms with Gasteiger partial charge in [0.25, 0.3) is 0 Å². The maximum absolute atomic E-state index is 9.12. The zero-order chi connectivity index (χ0) is 9.10. The number of aromatic nitrogens is 1. The number of nitrogens with zero attached hydrogens (tertiary/aromatic N) is 2. The lowest BCUT2D eigenvalue weighted by molar-refractivity contribution is 0.266. The van der Waals surface area contributed by atoms with Gasteiger partial charge in [0.2, 0.25) is 0 Å². The van der Waals surface area contributed by atoms with E-state index in [0.29, 0.717) is 0 Å². The lowest BCUT2D eigenvalue weighted by atomic mass is 10.2. The van der Waals surface area contributed by atoms with Crippen LogP contribution in [-0.2, 0) is 0 Å². The molecule has 0 aliphatic carbocycles. The molecule has 0 spiro atoms. The molecule has 3 heteroatoms. The van der Waals surface area contributed by atoms with Crippen molar-refractivity contribution in [2.45, 2.75) is 18.9 Å². The second kappa shape index (κ2) is 3.75. The Labute approximate surface area is 78.0 Å². The summed E-state index contributed by atoms with van der Waals surface area (Å²) >= 11 is 0. The molecule has 1 saturated heterocycles. The van der Waals surface area contributed by atoms with Crippen LogP contribution < -0.4 is 4.90 Å². The molecule has 0 unspecified atom stereocenters. The first-order valence-electron chi connectivity index (χ1n) is 4.61. The molecular weight excluding hydrogens is 164 g/mol. The van der Waals surface area contributed by atoms with Crippen LogP contribution in [0.4, 0.5) is 5.82 Å². The van der Waals surface area contributed by atoms with E-state index in [2.05, 4.69) is 16.0 Å². The Hall–Kier alpha value is -1.09. The molecule has 0 amide bonds. The average molecular weight is 177 g/mol. The Morgan fingerprint density at radius 1 is 1.69 bits per heavy atom. The summed E-state index contributed by atoms with van der Waals surface area (Å²) in [4.78, 5) is 6.39. The molecule has 0 saturated carbocycles. The van der Waals surface area contributed by atoms with Gasteiger partial charge in [-0.25, -0.2) is 4.98 Å². The van der Waals surface area contributed by atoms with E-state index >= 15 is 0 Å². The highest BCUT2D eigenvalue weighted by Crippen LogP contribution is 2.22. The van der Waals surface area contributed by atoms with Crippen LogP contribution in [0, 0.1) is 6.07 Å². The van der Waals surface area contributed by atoms with E-state index in [-0.39, 0.29) is 12.6 Å². The first kappa shape index (κ1) is 8.51. The maximum atomic E-state index is 9.12. The SMILES string of the molecule is OC[C@H]1CCCN1c1c[c]ccn1. The molecular formula is C10H13N2O. The Balaban J connectivity index is 2.16. The number of pyridine rings is 1. The van der Waals surface area contributed by atoms with Gasteiger partial charge in [-0.1, -0.05) is 0 Å². The van der Waals surface area contributed by atoms with Crippen LogP contribution in [0.15, 0.2) is 18.3 Å². The van der Waals surface area contributed by atoms with E-state index in [0.717, 1.165) is 25.2 Å². The predicted octanol–water partition coefficient (Wildman–Crippen LogP) is 0.843. The lowest BCUT2D eigenvalue weighted by Crippen LogP contribution is -2.32. The maximum Gasteiger partial charge on any atom is 0.129 e. The third-order valence-electron chi connectivity index (χ3n) is 2.47. The van der Waals surface area contributed by atoms with Gasteiger partial charge in [0, 0.05) is 12.7 Å². The second-order valence-corrected chi connectivity index (χ2v) is 3.29. The van der Waals surface area contributed by atoms with Gasteiger partial charge >= 0.3 is 0 Å². The van der Waals surface area contributed by atoms with Gasteiger partial charge in [-0.15, -0.1) is 0 Å². The van der Waals surface area contributed by atoms with Crippen molar-refractivity contribution < 1.29 is 5.11 Å². The van der Waals surface area contributed by atoms with Crippen molar-refractivity contribution in [2.75, 3.05) is 18.1 Å². The van der Waals surface area contributed by atoms with Gasteiger partial charge in [-0.3, -0.25) is 0 Å². The minimum absolute atomic E-state index is 0.219. The molecule has 2 rings (SSSR count). The third kappa shape index (κ3) is 1.65. The predicted molar refractivity (Wildman–Crippen MR) is 50.5 cm³/mol. The monoisotopic (exact) mass is 177 g/mol. The van der Waals surface area contributed by atoms with Crippen LogP contribution in [0.2, 0.25) is 0 Å². The highest BCUT2D eigenvalue weighted by atomic mass is 16.3. The first-order chi connectivity index (χ1) is 6.42. The van der Waals surface area contributed by atoms with Gasteiger partial charge in [0.1, 0.15) is 5.82 Å². The van der Waals surface area contributed by atoms with Crippen molar-refractivity contribution >= 4 is 5.82 Å². The second-order valence-electron chi connectivity index (χ2n) is 3.29. The summed E-state index contributed by atoms with van der Waals surface area (Å²) in [7, 11) is 0. The van der Waals surface area contributed by atoms with Crippen LogP contribution in [0.3, 0.4) is 0 Å². The molecule has 1 N–H and O–H groups in total. The lowest BCUT2D eigenvalue weighted by Gasteiger charge is -2.23. The summed E-state index contributed by atoms with van der Waals surface area (Å²) in [5.41, 5.74) is 0. The van der Waals surface area contributed by atoms with Crippen molar-refractivity contribution in [3.63, 3.8) is 0 Å². The summed E-state index contributed by atoms with van der Waals surface area (Å²) in [6, 6.07) is 6.90. The largest absolute Gasteiger partial charge is 0.394 e. The third-order valence-corrected chi connectivity index (χ3v) is 2.47. The molecule has 13 heavy (non-hydrogen) atoms. The summed E-state index contributed by atoms with van der Waals surface area (Å²) in [6.45, 7) is 1.21. The molecule has 1 fully saturated rings. The van der Waals surface area contributed by atoms with Crippen molar-refractivity contribution in [2.24, 2.45) is 0 Å². The molecule has 1 aromatic heterocycles. The summed E-state index contributed by atoms with van der Waals surface area (Å²) in [6.07, 6.45) is 3.94. The molecule has 1 aliphatic rings. The standard InChI is InChI=1S/C10H13N2O/c13-8-9-4-3-7-12(9)10-5-1-2-6-11-10/h2,5-6,9,13H,3-4,7-8H2/t9-/m1/s1. The topological polar surface area (TPSA) is 36.4 Å². The first-order valence-corrected chi connectivity index (χ1v) is 4.61. The van der Waals surface area contributed by atoms with E-state index in [9.17, 15) is 0 Å². The van der Waals surface area contributed by atoms with Gasteiger partial charge in [-0.05, 0) is 31.0 Å². The summed E-state index contributed by atoms with van der Waals surface area (Å²) in [5.74, 6) is 0.930. The minimum Gasteiger partial charge on any atom is -0.394 e. The van der Waals surface area contributed by atoms with E-state index in [1.807, 2.05) is 6.07 Å². The van der Waals surface area contributed by atoms with Gasteiger partial charge < -0.3 is 10.0 Å². The van der Waals surface area contributed by atoms with Crippen LogP contribution in [0.1, 0.15) is 12.8 Å². The Morgan fingerprint density at radius 2 is 2.62 bits per heavy atom. The Kier molecular flexibility index (Phi) is 2.45. The van der Waals surface area contributed by atoms with Gasteiger partial charge in [0.15, 0.2) is 0 Å². The Morgan fingerprint density at radius 3 is 3.31 bits per heavy atom. The van der Waals surface area contributed by atoms with E-state index in [1.54, 1.807) is 12.3 Å². The van der Waals surface area contributed by atoms with Crippen molar-refractivity contribution in [3.05, 3.63) is 24.4 Å². The van der Waals surface area contributed by atoms with Crippen LogP contribution in [0.5, 0.6) is 0 Å². The van der Waals surface area contributed by atoms with E-state index in [4.69, 9.17) is 5.11 Å². The summed E-state index contributed by atoms with van der Waals surface area (Å²) in [5, 5.41) is 9.12. The number of aliphatic hydroxyl groups is 1. The van der Waals surface area contributed by atoms with Crippen LogP contribution >= 0.6 is 0 Å². The zero-order valence-electron chi connectivity index (χ0n) is 7.48. The summed E-state index contributed by atoms with van der Waals surface area (Å²) < 4.78 is 0. The van der Waals surface area contributed by atoms with E-state index in [1.165, 1.54) is 0 Å². The molecule has 1 atom stereocenters. The normalized spacial score (nSPS) is 22.2. The zero-order valence-corrected chi connectivity index (χ0v) is 7.48. The van der Waals surface area contributed by atoms with Crippen LogP contribution in [-0.4, -0.2) is 29.3 Å². The van der Waals surface area contributed by atoms with Crippen molar-refractivity contribution in [1.29, 1.82) is 0 Å². The molecule has 1 radical (unpaired) electrons. The fourth-order valence-corrected chi connectivity index (χ4v) is 1.80. The number of hydrogen-bond acceptors (Lipinski definition) is 3. The van der Waals surface area contributed by atoms with E-state index < -0.39 is 0 Å². The smallest absolute Gasteiger partial charge is 0.129 e. The number of aliphatic hydroxyl groups excluding tert-OH is 1. The Bertz CT molecular complexity index is 263. The van der Waals surface area contributed by atoms with Crippen molar-refractivity contribution in [3.8, 4) is 0 Å². The molecule has 0 bridgehead atoms. The highest BCUT2D eigenvalue weighted by molar-refractivity contribution is 5.40. The molecule has 0 aromatic carbocycles. The molecule has 69 valence electrons. The number of hydrogen-bond donors (Lipinski definition) is 1. The average Bonchev–Trinajstić information content (AvgIpc) is 2.67. The minimum atomic E-state index is 0.219. The van der Waals surface area contributed by atoms with Gasteiger partial charge in [0.05, 0.1) is 12.6 Å². The molecule has 3 nitrogen and oxygen atoms in total. The number of anilines is 1. The van der Waals surface area contributed by atoms with Gasteiger partial charge in [-0.2, -0.15) is 0 Å². The fraction of sp³-hybridized carbons (Fsp3) is 0.500. The fourth-order valence-electron chi connectivity index (χ4n) is 1.80. The highest BCUT2D eigenvalue weighted by Gasteiger charge is 2.24. The molecule has 1 aliphatic heterocycles. The molecule has 1 aromatic rings. The quantitative estimate of drug-likeness (QED) is 0.727. The van der Waals surface area contributed by atoms with Crippen molar-refractivity contribution in [1.82, 2.24) is 4.98 Å². The number of rotatable bonds is 2. The van der Waals surface area contributed by atoms with Crippen LogP contribution in [0.25, 0.3) is 0 Å².